The van der Waals surface area contributed by atoms with Gasteiger partial charge in [-0.3, -0.25) is 0 Å². The third-order valence-electron chi connectivity index (χ3n) is 2.57. The zero-order valence-corrected chi connectivity index (χ0v) is 10.2. The second-order valence-electron chi connectivity index (χ2n) is 3.77. The van der Waals surface area contributed by atoms with Crippen molar-refractivity contribution in [2.45, 2.75) is 13.8 Å². The lowest BCUT2D eigenvalue weighted by atomic mass is 10.2. The molecule has 1 heterocycles. The summed E-state index contributed by atoms with van der Waals surface area (Å²) in [4.78, 5) is 8.27. The maximum Gasteiger partial charge on any atom is 0.227 e. The second kappa shape index (κ2) is 4.82. The van der Waals surface area contributed by atoms with Crippen molar-refractivity contribution in [3.05, 3.63) is 41.7 Å². The summed E-state index contributed by atoms with van der Waals surface area (Å²) in [6.45, 7) is 3.93. The molecule has 4 nitrogen and oxygen atoms in total. The third kappa shape index (κ3) is 2.36. The molecular weight excluding hydrogens is 214 g/mol. The van der Waals surface area contributed by atoms with E-state index in [-0.39, 0.29) is 0 Å². The van der Waals surface area contributed by atoms with Crippen LogP contribution in [0, 0.1) is 13.8 Å². The average Bonchev–Trinajstić information content (AvgIpc) is 2.34. The predicted molar refractivity (Wildman–Crippen MR) is 67.6 cm³/mol. The number of aromatic nitrogens is 2. The van der Waals surface area contributed by atoms with Crippen LogP contribution in [-0.2, 0) is 0 Å². The molecule has 0 spiro atoms. The number of ether oxygens (including phenoxy) is 1. The van der Waals surface area contributed by atoms with Crippen molar-refractivity contribution >= 4 is 5.82 Å². The Bertz CT molecular complexity index is 526. The van der Waals surface area contributed by atoms with Crippen molar-refractivity contribution in [3.63, 3.8) is 0 Å². The molecule has 0 aliphatic carbocycles. The zero-order valence-electron chi connectivity index (χ0n) is 10.2. The van der Waals surface area contributed by atoms with Gasteiger partial charge in [0.1, 0.15) is 17.9 Å². The van der Waals surface area contributed by atoms with Gasteiger partial charge >= 0.3 is 0 Å². The first-order valence-corrected chi connectivity index (χ1v) is 5.45. The van der Waals surface area contributed by atoms with Crippen LogP contribution in [0.3, 0.4) is 0 Å². The van der Waals surface area contributed by atoms with E-state index in [1.54, 1.807) is 0 Å². The summed E-state index contributed by atoms with van der Waals surface area (Å²) in [6, 6.07) is 7.85. The summed E-state index contributed by atoms with van der Waals surface area (Å²) >= 11 is 0. The smallest absolute Gasteiger partial charge is 0.227 e. The maximum absolute atomic E-state index is 5.79. The van der Waals surface area contributed by atoms with Crippen LogP contribution in [-0.4, -0.2) is 17.0 Å². The Kier molecular flexibility index (Phi) is 3.23. The number of nitrogens with one attached hydrogen (secondary N) is 1. The molecule has 4 heteroatoms. The van der Waals surface area contributed by atoms with Gasteiger partial charge in [-0.15, -0.1) is 0 Å². The lowest BCUT2D eigenvalue weighted by molar-refractivity contribution is 0.454. The normalized spacial score (nSPS) is 10.1. The Balaban J connectivity index is 2.34. The average molecular weight is 229 g/mol. The first-order valence-electron chi connectivity index (χ1n) is 5.45. The van der Waals surface area contributed by atoms with Crippen LogP contribution in [0.1, 0.15) is 11.1 Å². The number of hydrogen-bond acceptors (Lipinski definition) is 4. The number of anilines is 1. The van der Waals surface area contributed by atoms with Gasteiger partial charge in [-0.05, 0) is 25.5 Å². The Morgan fingerprint density at radius 1 is 1.12 bits per heavy atom. The van der Waals surface area contributed by atoms with Gasteiger partial charge in [0.25, 0.3) is 0 Å². The van der Waals surface area contributed by atoms with Gasteiger partial charge in [0.15, 0.2) is 0 Å². The largest absolute Gasteiger partial charge is 0.438 e. The van der Waals surface area contributed by atoms with Crippen molar-refractivity contribution in [2.24, 2.45) is 0 Å². The molecule has 0 amide bonds. The Labute approximate surface area is 101 Å². The third-order valence-corrected chi connectivity index (χ3v) is 2.57. The summed E-state index contributed by atoms with van der Waals surface area (Å²) in [7, 11) is 1.83. The summed E-state index contributed by atoms with van der Waals surface area (Å²) in [5.74, 6) is 2.18. The highest BCUT2D eigenvalue weighted by Gasteiger charge is 2.08. The molecule has 0 saturated carbocycles. The van der Waals surface area contributed by atoms with E-state index in [0.29, 0.717) is 5.88 Å². The Morgan fingerprint density at radius 3 is 2.59 bits per heavy atom. The fourth-order valence-corrected chi connectivity index (χ4v) is 1.56. The molecular formula is C13H15N3O. The molecule has 88 valence electrons. The van der Waals surface area contributed by atoms with Crippen LogP contribution in [0.2, 0.25) is 0 Å². The summed E-state index contributed by atoms with van der Waals surface area (Å²) in [5.41, 5.74) is 1.98. The highest BCUT2D eigenvalue weighted by Crippen LogP contribution is 2.27. The van der Waals surface area contributed by atoms with Crippen molar-refractivity contribution in [3.8, 4) is 11.6 Å². The van der Waals surface area contributed by atoms with Gasteiger partial charge in [-0.25, -0.2) is 9.97 Å². The molecule has 1 N–H and O–H groups in total. The number of aryl methyl sites for hydroxylation is 1. The monoisotopic (exact) mass is 229 g/mol. The molecule has 0 fully saturated rings. The number of hydrogen-bond donors (Lipinski definition) is 1. The van der Waals surface area contributed by atoms with Gasteiger partial charge in [0, 0.05) is 7.05 Å². The SMILES string of the molecule is CNc1ncnc(Oc2ccccc2C)c1C. The summed E-state index contributed by atoms with van der Waals surface area (Å²) in [5, 5.41) is 3.00. The summed E-state index contributed by atoms with van der Waals surface area (Å²) in [6.07, 6.45) is 1.49. The molecule has 0 bridgehead atoms. The van der Waals surface area contributed by atoms with E-state index in [4.69, 9.17) is 4.74 Å². The van der Waals surface area contributed by atoms with E-state index >= 15 is 0 Å². The first-order chi connectivity index (χ1) is 8.22. The van der Waals surface area contributed by atoms with Crippen LogP contribution in [0.15, 0.2) is 30.6 Å². The Hall–Kier alpha value is -2.10. The van der Waals surface area contributed by atoms with Gasteiger partial charge < -0.3 is 10.1 Å². The van der Waals surface area contributed by atoms with E-state index < -0.39 is 0 Å². The highest BCUT2D eigenvalue weighted by molar-refractivity contribution is 5.48. The molecule has 1 aromatic heterocycles. The fraction of sp³-hybridized carbons (Fsp3) is 0.231. The quantitative estimate of drug-likeness (QED) is 0.879. The number of nitrogens with zero attached hydrogens (tertiary/aromatic N) is 2. The zero-order chi connectivity index (χ0) is 12.3. The van der Waals surface area contributed by atoms with Gasteiger partial charge in [0.05, 0.1) is 5.56 Å². The van der Waals surface area contributed by atoms with Crippen LogP contribution in [0.5, 0.6) is 11.6 Å². The first kappa shape index (κ1) is 11.4. The van der Waals surface area contributed by atoms with E-state index in [1.165, 1.54) is 6.33 Å². The van der Waals surface area contributed by atoms with Gasteiger partial charge in [-0.1, -0.05) is 18.2 Å². The van der Waals surface area contributed by atoms with E-state index in [0.717, 1.165) is 22.7 Å². The molecule has 2 rings (SSSR count). The molecule has 1 aromatic carbocycles. The van der Waals surface area contributed by atoms with Crippen molar-refractivity contribution < 1.29 is 4.74 Å². The van der Waals surface area contributed by atoms with Gasteiger partial charge in [0.2, 0.25) is 5.88 Å². The minimum atomic E-state index is 0.582. The molecule has 2 aromatic rings. The lowest BCUT2D eigenvalue weighted by Crippen LogP contribution is -2.00. The van der Waals surface area contributed by atoms with E-state index in [1.807, 2.05) is 45.2 Å². The highest BCUT2D eigenvalue weighted by atomic mass is 16.5. The van der Waals surface area contributed by atoms with Crippen LogP contribution in [0.4, 0.5) is 5.82 Å². The van der Waals surface area contributed by atoms with E-state index in [2.05, 4.69) is 15.3 Å². The minimum Gasteiger partial charge on any atom is -0.438 e. The van der Waals surface area contributed by atoms with Gasteiger partial charge in [-0.2, -0.15) is 0 Å². The molecule has 0 atom stereocenters. The fourth-order valence-electron chi connectivity index (χ4n) is 1.56. The van der Waals surface area contributed by atoms with Crippen molar-refractivity contribution in [1.82, 2.24) is 9.97 Å². The minimum absolute atomic E-state index is 0.582. The Morgan fingerprint density at radius 2 is 1.88 bits per heavy atom. The van der Waals surface area contributed by atoms with Crippen LogP contribution >= 0.6 is 0 Å². The molecule has 0 radical (unpaired) electrons. The maximum atomic E-state index is 5.79. The van der Waals surface area contributed by atoms with Crippen molar-refractivity contribution in [1.29, 1.82) is 0 Å². The summed E-state index contributed by atoms with van der Waals surface area (Å²) < 4.78 is 5.79. The topological polar surface area (TPSA) is 47.0 Å². The molecule has 0 saturated heterocycles. The molecule has 0 aliphatic heterocycles. The van der Waals surface area contributed by atoms with Crippen LogP contribution in [0.25, 0.3) is 0 Å². The van der Waals surface area contributed by atoms with Crippen molar-refractivity contribution in [2.75, 3.05) is 12.4 Å². The van der Waals surface area contributed by atoms with E-state index in [9.17, 15) is 0 Å². The predicted octanol–water partition coefficient (Wildman–Crippen LogP) is 2.93. The number of rotatable bonds is 3. The number of benzene rings is 1. The molecule has 0 aliphatic rings. The standard InChI is InChI=1S/C13H15N3O/c1-9-6-4-5-7-11(9)17-13-10(2)12(14-3)15-8-16-13/h4-8H,1-3H3,(H,14,15,16). The molecule has 0 unspecified atom stereocenters. The van der Waals surface area contributed by atoms with Crippen LogP contribution < -0.4 is 10.1 Å². The number of para-hydroxylation sites is 1. The second-order valence-corrected chi connectivity index (χ2v) is 3.77. The molecule has 17 heavy (non-hydrogen) atoms. The lowest BCUT2D eigenvalue weighted by Gasteiger charge is -2.11.